The fourth-order valence-corrected chi connectivity index (χ4v) is 1.19. The summed E-state index contributed by atoms with van der Waals surface area (Å²) in [5.74, 6) is -2.33. The van der Waals surface area contributed by atoms with Gasteiger partial charge in [0.05, 0.1) is 0 Å². The third kappa shape index (κ3) is 1.51. The molecule has 0 aromatic heterocycles. The highest BCUT2D eigenvalue weighted by Crippen LogP contribution is 2.17. The Bertz CT molecular complexity index is 338. The highest BCUT2D eigenvalue weighted by atomic mass is 32.2. The summed E-state index contributed by atoms with van der Waals surface area (Å²) >= 11 is -2.47. The first-order chi connectivity index (χ1) is 5.54. The molecule has 1 atom stereocenters. The van der Waals surface area contributed by atoms with Crippen molar-refractivity contribution in [3.05, 3.63) is 29.3 Å². The van der Waals surface area contributed by atoms with E-state index in [0.717, 1.165) is 6.07 Å². The van der Waals surface area contributed by atoms with Crippen molar-refractivity contribution in [3.63, 3.8) is 0 Å². The zero-order chi connectivity index (χ0) is 9.30. The Balaban J connectivity index is 3.36. The van der Waals surface area contributed by atoms with E-state index in [9.17, 15) is 13.0 Å². The molecule has 1 N–H and O–H groups in total. The van der Waals surface area contributed by atoms with Crippen molar-refractivity contribution in [2.45, 2.75) is 11.8 Å². The quantitative estimate of drug-likeness (QED) is 0.689. The van der Waals surface area contributed by atoms with E-state index in [4.69, 9.17) is 4.55 Å². The summed E-state index contributed by atoms with van der Waals surface area (Å²) in [5, 5.41) is 0. The topological polar surface area (TPSA) is 37.3 Å². The molecule has 1 rings (SSSR count). The number of halogens is 2. The van der Waals surface area contributed by atoms with Crippen molar-refractivity contribution < 1.29 is 17.5 Å². The molecule has 1 aromatic carbocycles. The average Bonchev–Trinajstić information content (AvgIpc) is 2.00. The van der Waals surface area contributed by atoms with Crippen LogP contribution in [0.2, 0.25) is 0 Å². The van der Waals surface area contributed by atoms with Crippen LogP contribution < -0.4 is 0 Å². The number of hydrogen-bond donors (Lipinski definition) is 1. The van der Waals surface area contributed by atoms with Crippen molar-refractivity contribution in [2.75, 3.05) is 0 Å². The van der Waals surface area contributed by atoms with E-state index in [0.29, 0.717) is 0 Å². The van der Waals surface area contributed by atoms with E-state index in [1.165, 1.54) is 13.0 Å². The standard InChI is InChI=1S/C7H6F2O2S/c1-4-2-3-5(12(10)11)7(9)6(4)8/h2-3H,1H3,(H,10,11). The molecule has 1 unspecified atom stereocenters. The summed E-state index contributed by atoms with van der Waals surface area (Å²) in [6.45, 7) is 1.38. The molecule has 0 aliphatic rings. The fraction of sp³-hybridized carbons (Fsp3) is 0.143. The van der Waals surface area contributed by atoms with Gasteiger partial charge in [-0.1, -0.05) is 6.07 Å². The van der Waals surface area contributed by atoms with E-state index in [-0.39, 0.29) is 5.56 Å². The lowest BCUT2D eigenvalue weighted by Crippen LogP contribution is -1.98. The van der Waals surface area contributed by atoms with Gasteiger partial charge in [0.2, 0.25) is 0 Å². The van der Waals surface area contributed by atoms with E-state index < -0.39 is 27.6 Å². The Morgan fingerprint density at radius 2 is 1.92 bits per heavy atom. The van der Waals surface area contributed by atoms with Gasteiger partial charge in [-0.25, -0.2) is 13.0 Å². The first-order valence-electron chi connectivity index (χ1n) is 3.09. The summed E-state index contributed by atoms with van der Waals surface area (Å²) in [7, 11) is 0. The minimum atomic E-state index is -2.47. The predicted octanol–water partition coefficient (Wildman–Crippen LogP) is 1.85. The van der Waals surface area contributed by atoms with Crippen LogP contribution in [0, 0.1) is 18.6 Å². The van der Waals surface area contributed by atoms with Crippen LogP contribution in [-0.4, -0.2) is 8.76 Å². The van der Waals surface area contributed by atoms with Crippen molar-refractivity contribution in [3.8, 4) is 0 Å². The van der Waals surface area contributed by atoms with Crippen LogP contribution in [0.3, 0.4) is 0 Å². The zero-order valence-electron chi connectivity index (χ0n) is 6.17. The van der Waals surface area contributed by atoms with Crippen molar-refractivity contribution in [2.24, 2.45) is 0 Å². The molecule has 66 valence electrons. The van der Waals surface area contributed by atoms with Gasteiger partial charge in [-0.2, -0.15) is 0 Å². The summed E-state index contributed by atoms with van der Waals surface area (Å²) in [4.78, 5) is -0.530. The van der Waals surface area contributed by atoms with Crippen LogP contribution in [0.4, 0.5) is 8.78 Å². The molecule has 1 aromatic rings. The molecule has 0 fully saturated rings. The molecule has 0 aliphatic heterocycles. The summed E-state index contributed by atoms with van der Waals surface area (Å²) < 4.78 is 44.4. The summed E-state index contributed by atoms with van der Waals surface area (Å²) in [6, 6.07) is 2.34. The maximum atomic E-state index is 12.8. The van der Waals surface area contributed by atoms with Crippen LogP contribution in [0.25, 0.3) is 0 Å². The normalized spacial score (nSPS) is 13.0. The van der Waals surface area contributed by atoms with Gasteiger partial charge in [-0.05, 0) is 18.6 Å². The average molecular weight is 192 g/mol. The molecule has 0 aliphatic carbocycles. The van der Waals surface area contributed by atoms with Gasteiger partial charge in [0, 0.05) is 0 Å². The Kier molecular flexibility index (Phi) is 2.54. The SMILES string of the molecule is Cc1ccc(S(=O)O)c(F)c1F. The van der Waals surface area contributed by atoms with Crippen LogP contribution >= 0.6 is 0 Å². The molecule has 0 amide bonds. The Morgan fingerprint density at radius 1 is 1.33 bits per heavy atom. The van der Waals surface area contributed by atoms with Crippen molar-refractivity contribution >= 4 is 11.1 Å². The Morgan fingerprint density at radius 3 is 2.42 bits per heavy atom. The van der Waals surface area contributed by atoms with Crippen LogP contribution in [0.5, 0.6) is 0 Å². The molecule has 2 nitrogen and oxygen atoms in total. The van der Waals surface area contributed by atoms with E-state index in [1.54, 1.807) is 0 Å². The van der Waals surface area contributed by atoms with Crippen LogP contribution in [0.15, 0.2) is 17.0 Å². The smallest absolute Gasteiger partial charge is 0.189 e. The van der Waals surface area contributed by atoms with Gasteiger partial charge in [0.15, 0.2) is 22.7 Å². The van der Waals surface area contributed by atoms with Crippen molar-refractivity contribution in [1.82, 2.24) is 0 Å². The van der Waals surface area contributed by atoms with E-state index >= 15 is 0 Å². The third-order valence-electron chi connectivity index (χ3n) is 1.43. The molecule has 0 saturated carbocycles. The number of aryl methyl sites for hydroxylation is 1. The van der Waals surface area contributed by atoms with Gasteiger partial charge in [0.1, 0.15) is 4.90 Å². The molecule has 0 bridgehead atoms. The monoisotopic (exact) mass is 192 g/mol. The number of rotatable bonds is 1. The lowest BCUT2D eigenvalue weighted by Gasteiger charge is -2.00. The molecular weight excluding hydrogens is 186 g/mol. The van der Waals surface area contributed by atoms with Crippen molar-refractivity contribution in [1.29, 1.82) is 0 Å². The van der Waals surface area contributed by atoms with Gasteiger partial charge in [0.25, 0.3) is 0 Å². The maximum Gasteiger partial charge on any atom is 0.189 e. The van der Waals surface area contributed by atoms with Crippen LogP contribution in [-0.2, 0) is 11.1 Å². The lowest BCUT2D eigenvalue weighted by atomic mass is 10.2. The van der Waals surface area contributed by atoms with Gasteiger partial charge in [-0.3, -0.25) is 0 Å². The number of benzene rings is 1. The second-order valence-corrected chi connectivity index (χ2v) is 3.20. The zero-order valence-corrected chi connectivity index (χ0v) is 6.99. The molecule has 0 radical (unpaired) electrons. The lowest BCUT2D eigenvalue weighted by molar-refractivity contribution is 0.476. The second kappa shape index (κ2) is 3.28. The third-order valence-corrected chi connectivity index (χ3v) is 2.12. The maximum absolute atomic E-state index is 12.8. The minimum Gasteiger partial charge on any atom is -0.302 e. The molecular formula is C7H6F2O2S. The molecule has 0 saturated heterocycles. The first-order valence-corrected chi connectivity index (χ1v) is 4.20. The molecule has 0 spiro atoms. The minimum absolute atomic E-state index is 0.113. The molecule has 12 heavy (non-hydrogen) atoms. The molecule has 0 heterocycles. The Hall–Kier alpha value is -0.810. The summed E-state index contributed by atoms with van der Waals surface area (Å²) in [5.41, 5.74) is 0.113. The predicted molar refractivity (Wildman–Crippen MR) is 40.1 cm³/mol. The van der Waals surface area contributed by atoms with Gasteiger partial charge in [-0.15, -0.1) is 0 Å². The highest BCUT2D eigenvalue weighted by molar-refractivity contribution is 7.79. The van der Waals surface area contributed by atoms with E-state index in [2.05, 4.69) is 0 Å². The molecule has 5 heteroatoms. The summed E-state index contributed by atoms with van der Waals surface area (Å²) in [6.07, 6.45) is 0. The second-order valence-electron chi connectivity index (χ2n) is 2.26. The van der Waals surface area contributed by atoms with Crippen LogP contribution in [0.1, 0.15) is 5.56 Å². The number of hydrogen-bond acceptors (Lipinski definition) is 1. The fourth-order valence-electron chi connectivity index (χ4n) is 0.763. The largest absolute Gasteiger partial charge is 0.302 e. The Labute approximate surface area is 70.5 Å². The van der Waals surface area contributed by atoms with Gasteiger partial charge >= 0.3 is 0 Å². The highest BCUT2D eigenvalue weighted by Gasteiger charge is 2.14. The first kappa shape index (κ1) is 9.28. The van der Waals surface area contributed by atoms with Gasteiger partial charge < -0.3 is 4.55 Å². The van der Waals surface area contributed by atoms with E-state index in [1.807, 2.05) is 0 Å².